The van der Waals surface area contributed by atoms with Gasteiger partial charge in [-0.05, 0) is 36.4 Å². The van der Waals surface area contributed by atoms with Gasteiger partial charge in [-0.1, -0.05) is 30.7 Å². The van der Waals surface area contributed by atoms with Crippen molar-refractivity contribution in [2.45, 2.75) is 18.2 Å². The molecule has 1 atom stereocenters. The number of nitrogens with one attached hydrogen (secondary N) is 1. The van der Waals surface area contributed by atoms with Crippen LogP contribution < -0.4 is 5.32 Å². The van der Waals surface area contributed by atoms with Gasteiger partial charge in [0.05, 0.1) is 10.7 Å². The van der Waals surface area contributed by atoms with Crippen molar-refractivity contribution in [2.24, 2.45) is 0 Å². The molecule has 0 fully saturated rings. The van der Waals surface area contributed by atoms with E-state index in [4.69, 9.17) is 11.6 Å². The Morgan fingerprint density at radius 1 is 1.19 bits per heavy atom. The van der Waals surface area contributed by atoms with E-state index in [1.165, 1.54) is 0 Å². The highest BCUT2D eigenvalue weighted by atomic mass is 35.5. The van der Waals surface area contributed by atoms with Crippen LogP contribution in [0.2, 0.25) is 5.02 Å². The number of benzene rings is 2. The van der Waals surface area contributed by atoms with Crippen LogP contribution >= 0.6 is 11.6 Å². The SMILES string of the molecule is CCc1nc(C(=O)Nc2ccc(S(C)=O)cc2)nn1-c1ccccc1Cl. The van der Waals surface area contributed by atoms with Gasteiger partial charge in [0.15, 0.2) is 0 Å². The van der Waals surface area contributed by atoms with Gasteiger partial charge in [-0.15, -0.1) is 5.10 Å². The van der Waals surface area contributed by atoms with Gasteiger partial charge < -0.3 is 5.32 Å². The molecule has 1 N–H and O–H groups in total. The summed E-state index contributed by atoms with van der Waals surface area (Å²) in [6.45, 7) is 1.93. The van der Waals surface area contributed by atoms with Crippen molar-refractivity contribution >= 4 is 34.0 Å². The summed E-state index contributed by atoms with van der Waals surface area (Å²) in [5, 5.41) is 7.59. The quantitative estimate of drug-likeness (QED) is 0.726. The smallest absolute Gasteiger partial charge is 0.295 e. The lowest BCUT2D eigenvalue weighted by atomic mass is 10.3. The number of aromatic nitrogens is 3. The van der Waals surface area contributed by atoms with Gasteiger partial charge in [-0.2, -0.15) is 0 Å². The van der Waals surface area contributed by atoms with Gasteiger partial charge in [0.2, 0.25) is 5.82 Å². The Morgan fingerprint density at radius 2 is 1.88 bits per heavy atom. The van der Waals surface area contributed by atoms with Gasteiger partial charge in [-0.25, -0.2) is 9.67 Å². The number of amides is 1. The van der Waals surface area contributed by atoms with Crippen molar-refractivity contribution in [3.63, 3.8) is 0 Å². The second-order valence-electron chi connectivity index (χ2n) is 5.50. The lowest BCUT2D eigenvalue weighted by Crippen LogP contribution is -2.14. The number of halogens is 1. The summed E-state index contributed by atoms with van der Waals surface area (Å²) in [7, 11) is -1.06. The number of hydrogen-bond acceptors (Lipinski definition) is 4. The molecular formula is C18H17ClN4O2S. The van der Waals surface area contributed by atoms with Crippen LogP contribution in [0.4, 0.5) is 5.69 Å². The average molecular weight is 389 g/mol. The maximum Gasteiger partial charge on any atom is 0.295 e. The fourth-order valence-electron chi connectivity index (χ4n) is 2.40. The summed E-state index contributed by atoms with van der Waals surface area (Å²) in [6, 6.07) is 14.1. The third-order valence-corrected chi connectivity index (χ3v) is 4.97. The van der Waals surface area contributed by atoms with Crippen LogP contribution in [-0.4, -0.2) is 31.1 Å². The third-order valence-electron chi connectivity index (χ3n) is 3.72. The topological polar surface area (TPSA) is 76.9 Å². The maximum atomic E-state index is 12.5. The highest BCUT2D eigenvalue weighted by Gasteiger charge is 2.18. The van der Waals surface area contributed by atoms with Gasteiger partial charge in [-0.3, -0.25) is 9.00 Å². The Labute approximate surface area is 158 Å². The molecule has 26 heavy (non-hydrogen) atoms. The van der Waals surface area contributed by atoms with Crippen LogP contribution in [0.3, 0.4) is 0 Å². The van der Waals surface area contributed by atoms with Crippen molar-refractivity contribution in [1.29, 1.82) is 0 Å². The van der Waals surface area contributed by atoms with Gasteiger partial charge >= 0.3 is 0 Å². The molecule has 6 nitrogen and oxygen atoms in total. The lowest BCUT2D eigenvalue weighted by molar-refractivity contribution is 0.101. The first-order valence-corrected chi connectivity index (χ1v) is 9.89. The molecule has 1 amide bonds. The number of anilines is 1. The minimum atomic E-state index is -1.06. The monoisotopic (exact) mass is 388 g/mol. The van der Waals surface area contributed by atoms with E-state index in [0.29, 0.717) is 33.5 Å². The Morgan fingerprint density at radius 3 is 2.50 bits per heavy atom. The Balaban J connectivity index is 1.86. The molecule has 134 valence electrons. The Hall–Kier alpha value is -2.51. The van der Waals surface area contributed by atoms with E-state index in [1.807, 2.05) is 25.1 Å². The Kier molecular flexibility index (Phi) is 5.49. The van der Waals surface area contributed by atoms with Crippen molar-refractivity contribution < 1.29 is 9.00 Å². The second kappa shape index (κ2) is 7.80. The molecule has 8 heteroatoms. The molecule has 0 radical (unpaired) electrons. The van der Waals surface area contributed by atoms with Gasteiger partial charge in [0.25, 0.3) is 5.91 Å². The second-order valence-corrected chi connectivity index (χ2v) is 7.29. The van der Waals surface area contributed by atoms with Crippen LogP contribution in [0.1, 0.15) is 23.4 Å². The first kappa shape index (κ1) is 18.3. The zero-order chi connectivity index (χ0) is 18.7. The molecule has 0 aliphatic rings. The summed E-state index contributed by atoms with van der Waals surface area (Å²) in [4.78, 5) is 17.5. The van der Waals surface area contributed by atoms with E-state index in [2.05, 4.69) is 15.4 Å². The number of aryl methyl sites for hydroxylation is 1. The first-order chi connectivity index (χ1) is 12.5. The molecule has 0 aliphatic heterocycles. The molecule has 0 bridgehead atoms. The summed E-state index contributed by atoms with van der Waals surface area (Å²) >= 11 is 6.23. The summed E-state index contributed by atoms with van der Waals surface area (Å²) < 4.78 is 13.0. The molecule has 0 saturated heterocycles. The molecule has 2 aromatic carbocycles. The number of hydrogen-bond donors (Lipinski definition) is 1. The van der Waals surface area contributed by atoms with Crippen LogP contribution in [0.15, 0.2) is 53.4 Å². The van der Waals surface area contributed by atoms with Crippen molar-refractivity contribution in [3.8, 4) is 5.69 Å². The van der Waals surface area contributed by atoms with Crippen LogP contribution in [0.25, 0.3) is 5.69 Å². The minimum absolute atomic E-state index is 0.0601. The normalized spacial score (nSPS) is 12.0. The standard InChI is InChI=1S/C18H17ClN4O2S/c1-3-16-21-17(22-23(16)15-7-5-4-6-14(15)19)18(24)20-12-8-10-13(11-9-12)26(2)25/h4-11H,3H2,1-2H3,(H,20,24). The van der Waals surface area contributed by atoms with Crippen LogP contribution in [0.5, 0.6) is 0 Å². The molecule has 0 aliphatic carbocycles. The molecule has 3 aromatic rings. The fourth-order valence-corrected chi connectivity index (χ4v) is 3.14. The van der Waals surface area contributed by atoms with Crippen molar-refractivity contribution in [2.75, 3.05) is 11.6 Å². The third kappa shape index (κ3) is 3.84. The predicted molar refractivity (Wildman–Crippen MR) is 102 cm³/mol. The summed E-state index contributed by atoms with van der Waals surface area (Å²) in [5.41, 5.74) is 1.25. The zero-order valence-corrected chi connectivity index (χ0v) is 15.8. The van der Waals surface area contributed by atoms with E-state index in [1.54, 1.807) is 41.3 Å². The number of nitrogens with zero attached hydrogens (tertiary/aromatic N) is 3. The van der Waals surface area contributed by atoms with Crippen molar-refractivity contribution in [1.82, 2.24) is 14.8 Å². The van der Waals surface area contributed by atoms with E-state index >= 15 is 0 Å². The van der Waals surface area contributed by atoms with E-state index in [-0.39, 0.29) is 5.82 Å². The maximum absolute atomic E-state index is 12.5. The average Bonchev–Trinajstić information content (AvgIpc) is 3.07. The first-order valence-electron chi connectivity index (χ1n) is 7.95. The molecule has 1 aromatic heterocycles. The molecule has 1 unspecified atom stereocenters. The van der Waals surface area contributed by atoms with E-state index in [0.717, 1.165) is 0 Å². The predicted octanol–water partition coefficient (Wildman–Crippen LogP) is 3.47. The summed E-state index contributed by atoms with van der Waals surface area (Å²) in [5.74, 6) is 0.278. The number of carbonyl (C=O) groups excluding carboxylic acids is 1. The lowest BCUT2D eigenvalue weighted by Gasteiger charge is -2.05. The van der Waals surface area contributed by atoms with Crippen molar-refractivity contribution in [3.05, 3.63) is 65.2 Å². The highest BCUT2D eigenvalue weighted by Crippen LogP contribution is 2.21. The zero-order valence-electron chi connectivity index (χ0n) is 14.3. The van der Waals surface area contributed by atoms with Crippen LogP contribution in [0, 0.1) is 0 Å². The molecular weight excluding hydrogens is 372 g/mol. The molecule has 1 heterocycles. The van der Waals surface area contributed by atoms with E-state index in [9.17, 15) is 9.00 Å². The van der Waals surface area contributed by atoms with Crippen LogP contribution in [-0.2, 0) is 17.2 Å². The Bertz CT molecular complexity index is 970. The highest BCUT2D eigenvalue weighted by molar-refractivity contribution is 7.84. The fraction of sp³-hybridized carbons (Fsp3) is 0.167. The number of rotatable bonds is 5. The largest absolute Gasteiger partial charge is 0.319 e. The molecule has 0 saturated carbocycles. The van der Waals surface area contributed by atoms with E-state index < -0.39 is 16.7 Å². The van der Waals surface area contributed by atoms with Gasteiger partial charge in [0.1, 0.15) is 5.82 Å². The van der Waals surface area contributed by atoms with Gasteiger partial charge in [0, 0.05) is 34.1 Å². The minimum Gasteiger partial charge on any atom is -0.319 e. The summed E-state index contributed by atoms with van der Waals surface area (Å²) in [6.07, 6.45) is 2.20. The molecule has 3 rings (SSSR count). The number of para-hydroxylation sites is 1. The number of carbonyl (C=O) groups is 1. The molecule has 0 spiro atoms.